The SMILES string of the molecule is CC(C)CCCCN(CCC(C)C)C(C)CC1CCCN1. The van der Waals surface area contributed by atoms with Crippen molar-refractivity contribution in [3.63, 3.8) is 0 Å². The number of rotatable bonds is 11. The molecule has 0 aromatic carbocycles. The van der Waals surface area contributed by atoms with Crippen molar-refractivity contribution in [1.82, 2.24) is 10.2 Å². The van der Waals surface area contributed by atoms with E-state index in [1.807, 2.05) is 0 Å². The van der Waals surface area contributed by atoms with Crippen molar-refractivity contribution in [3.05, 3.63) is 0 Å². The second kappa shape index (κ2) is 10.6. The molecule has 21 heavy (non-hydrogen) atoms. The van der Waals surface area contributed by atoms with Gasteiger partial charge in [0.2, 0.25) is 0 Å². The Morgan fingerprint density at radius 1 is 0.952 bits per heavy atom. The molecule has 2 unspecified atom stereocenters. The zero-order chi connectivity index (χ0) is 15.7. The smallest absolute Gasteiger partial charge is 0.00823 e. The van der Waals surface area contributed by atoms with Crippen LogP contribution >= 0.6 is 0 Å². The maximum Gasteiger partial charge on any atom is 0.00823 e. The molecule has 0 aromatic heterocycles. The molecule has 2 heteroatoms. The maximum absolute atomic E-state index is 3.66. The lowest BCUT2D eigenvalue weighted by Crippen LogP contribution is -2.39. The van der Waals surface area contributed by atoms with Crippen LogP contribution in [0, 0.1) is 11.8 Å². The van der Waals surface area contributed by atoms with Gasteiger partial charge in [-0.3, -0.25) is 0 Å². The fraction of sp³-hybridized carbons (Fsp3) is 1.00. The molecule has 0 amide bonds. The summed E-state index contributed by atoms with van der Waals surface area (Å²) in [5, 5.41) is 3.66. The average Bonchev–Trinajstić information content (AvgIpc) is 2.89. The van der Waals surface area contributed by atoms with E-state index in [0.717, 1.165) is 23.9 Å². The lowest BCUT2D eigenvalue weighted by atomic mass is 10.0. The molecule has 0 bridgehead atoms. The minimum atomic E-state index is 0.735. The van der Waals surface area contributed by atoms with E-state index in [1.165, 1.54) is 64.6 Å². The van der Waals surface area contributed by atoms with Crippen molar-refractivity contribution >= 4 is 0 Å². The standard InChI is InChI=1S/C19H40N2/c1-16(2)9-6-7-13-21(14-11-17(3)4)18(5)15-19-10-8-12-20-19/h16-20H,6-15H2,1-5H3. The Labute approximate surface area is 134 Å². The van der Waals surface area contributed by atoms with Gasteiger partial charge < -0.3 is 10.2 Å². The average molecular weight is 297 g/mol. The van der Waals surface area contributed by atoms with Crippen LogP contribution in [0.2, 0.25) is 0 Å². The predicted molar refractivity (Wildman–Crippen MR) is 94.8 cm³/mol. The minimum absolute atomic E-state index is 0.735. The van der Waals surface area contributed by atoms with E-state index in [1.54, 1.807) is 0 Å². The van der Waals surface area contributed by atoms with E-state index >= 15 is 0 Å². The molecule has 1 heterocycles. The molecule has 0 saturated carbocycles. The monoisotopic (exact) mass is 296 g/mol. The Morgan fingerprint density at radius 3 is 2.24 bits per heavy atom. The first-order valence-electron chi connectivity index (χ1n) is 9.46. The molecule has 1 rings (SSSR count). The van der Waals surface area contributed by atoms with Crippen LogP contribution in [-0.2, 0) is 0 Å². The van der Waals surface area contributed by atoms with E-state index in [9.17, 15) is 0 Å². The Bertz CT molecular complexity index is 244. The normalized spacial score (nSPS) is 20.9. The Morgan fingerprint density at radius 2 is 1.67 bits per heavy atom. The van der Waals surface area contributed by atoms with Crippen LogP contribution in [0.1, 0.15) is 79.6 Å². The van der Waals surface area contributed by atoms with E-state index in [0.29, 0.717) is 0 Å². The van der Waals surface area contributed by atoms with Crippen LogP contribution < -0.4 is 5.32 Å². The van der Waals surface area contributed by atoms with Gasteiger partial charge in [0.1, 0.15) is 0 Å². The molecule has 126 valence electrons. The predicted octanol–water partition coefficient (Wildman–Crippen LogP) is 4.69. The summed E-state index contributed by atoms with van der Waals surface area (Å²) >= 11 is 0. The quantitative estimate of drug-likeness (QED) is 0.556. The molecule has 0 radical (unpaired) electrons. The third-order valence-electron chi connectivity index (χ3n) is 4.88. The van der Waals surface area contributed by atoms with Gasteiger partial charge >= 0.3 is 0 Å². The summed E-state index contributed by atoms with van der Waals surface area (Å²) in [7, 11) is 0. The first-order valence-corrected chi connectivity index (χ1v) is 9.46. The van der Waals surface area contributed by atoms with Crippen LogP contribution in [0.5, 0.6) is 0 Å². The molecule has 2 nitrogen and oxygen atoms in total. The third-order valence-corrected chi connectivity index (χ3v) is 4.88. The van der Waals surface area contributed by atoms with Crippen molar-refractivity contribution in [1.29, 1.82) is 0 Å². The number of unbranched alkanes of at least 4 members (excludes halogenated alkanes) is 1. The molecule has 1 saturated heterocycles. The van der Waals surface area contributed by atoms with Gasteiger partial charge in [0, 0.05) is 12.1 Å². The second-order valence-corrected chi connectivity index (χ2v) is 7.99. The molecule has 1 aliphatic heterocycles. The topological polar surface area (TPSA) is 15.3 Å². The van der Waals surface area contributed by atoms with Gasteiger partial charge in [0.15, 0.2) is 0 Å². The number of nitrogens with one attached hydrogen (secondary N) is 1. The summed E-state index contributed by atoms with van der Waals surface area (Å²) in [6.07, 6.45) is 9.59. The van der Waals surface area contributed by atoms with Crippen molar-refractivity contribution in [2.75, 3.05) is 19.6 Å². The highest BCUT2D eigenvalue weighted by Gasteiger charge is 2.21. The van der Waals surface area contributed by atoms with Crippen LogP contribution in [0.4, 0.5) is 0 Å². The highest BCUT2D eigenvalue weighted by atomic mass is 15.1. The summed E-state index contributed by atoms with van der Waals surface area (Å²) in [5.74, 6) is 1.68. The Kier molecular flexibility index (Phi) is 9.59. The van der Waals surface area contributed by atoms with E-state index in [4.69, 9.17) is 0 Å². The molecule has 0 aromatic rings. The molecule has 2 atom stereocenters. The van der Waals surface area contributed by atoms with Crippen molar-refractivity contribution in [3.8, 4) is 0 Å². The van der Waals surface area contributed by atoms with Crippen molar-refractivity contribution in [2.24, 2.45) is 11.8 Å². The van der Waals surface area contributed by atoms with Gasteiger partial charge in [-0.15, -0.1) is 0 Å². The van der Waals surface area contributed by atoms with Gasteiger partial charge in [-0.25, -0.2) is 0 Å². The Balaban J connectivity index is 2.33. The zero-order valence-corrected chi connectivity index (χ0v) is 15.3. The van der Waals surface area contributed by atoms with E-state index < -0.39 is 0 Å². The van der Waals surface area contributed by atoms with Crippen molar-refractivity contribution in [2.45, 2.75) is 91.6 Å². The molecule has 1 fully saturated rings. The highest BCUT2D eigenvalue weighted by Crippen LogP contribution is 2.17. The number of hydrogen-bond donors (Lipinski definition) is 1. The largest absolute Gasteiger partial charge is 0.314 e. The van der Waals surface area contributed by atoms with Crippen LogP contribution in [0.25, 0.3) is 0 Å². The van der Waals surface area contributed by atoms with Crippen molar-refractivity contribution < 1.29 is 0 Å². The van der Waals surface area contributed by atoms with Crippen LogP contribution in [0.3, 0.4) is 0 Å². The van der Waals surface area contributed by atoms with Crippen LogP contribution in [0.15, 0.2) is 0 Å². The van der Waals surface area contributed by atoms with E-state index in [-0.39, 0.29) is 0 Å². The molecule has 0 aliphatic carbocycles. The molecular weight excluding hydrogens is 256 g/mol. The fourth-order valence-electron chi connectivity index (χ4n) is 3.36. The van der Waals surface area contributed by atoms with Gasteiger partial charge in [-0.1, -0.05) is 40.5 Å². The number of nitrogens with zero attached hydrogens (tertiary/aromatic N) is 1. The Hall–Kier alpha value is -0.0800. The molecule has 0 spiro atoms. The summed E-state index contributed by atoms with van der Waals surface area (Å²) in [4.78, 5) is 2.76. The lowest BCUT2D eigenvalue weighted by Gasteiger charge is -2.31. The molecule has 1 N–H and O–H groups in total. The first kappa shape index (κ1) is 19.0. The van der Waals surface area contributed by atoms with Gasteiger partial charge in [0.05, 0.1) is 0 Å². The lowest BCUT2D eigenvalue weighted by molar-refractivity contribution is 0.175. The summed E-state index contributed by atoms with van der Waals surface area (Å²) in [6.45, 7) is 15.6. The first-order chi connectivity index (χ1) is 9.99. The fourth-order valence-corrected chi connectivity index (χ4v) is 3.36. The van der Waals surface area contributed by atoms with Gasteiger partial charge in [0.25, 0.3) is 0 Å². The number of hydrogen-bond acceptors (Lipinski definition) is 2. The third kappa shape index (κ3) is 8.83. The van der Waals surface area contributed by atoms with Gasteiger partial charge in [-0.05, 0) is 70.5 Å². The highest BCUT2D eigenvalue weighted by molar-refractivity contribution is 4.80. The molecular formula is C19H40N2. The van der Waals surface area contributed by atoms with Gasteiger partial charge in [-0.2, -0.15) is 0 Å². The zero-order valence-electron chi connectivity index (χ0n) is 15.3. The summed E-state index contributed by atoms with van der Waals surface area (Å²) in [5.41, 5.74) is 0. The maximum atomic E-state index is 3.66. The van der Waals surface area contributed by atoms with E-state index in [2.05, 4.69) is 44.8 Å². The summed E-state index contributed by atoms with van der Waals surface area (Å²) in [6, 6.07) is 1.51. The van der Waals surface area contributed by atoms with Crippen LogP contribution in [-0.4, -0.2) is 36.6 Å². The molecule has 1 aliphatic rings. The second-order valence-electron chi connectivity index (χ2n) is 7.99. The minimum Gasteiger partial charge on any atom is -0.314 e. The summed E-state index contributed by atoms with van der Waals surface area (Å²) < 4.78 is 0.